The van der Waals surface area contributed by atoms with Crippen molar-refractivity contribution in [2.75, 3.05) is 0 Å². The lowest BCUT2D eigenvalue weighted by Gasteiger charge is -2.15. The van der Waals surface area contributed by atoms with Crippen LogP contribution >= 0.6 is 0 Å². The molecule has 0 radical (unpaired) electrons. The van der Waals surface area contributed by atoms with Crippen molar-refractivity contribution in [1.29, 1.82) is 0 Å². The molecule has 0 aliphatic carbocycles. The molecule has 0 spiro atoms. The number of nitrogens with one attached hydrogen (secondary N) is 1. The van der Waals surface area contributed by atoms with Gasteiger partial charge < -0.3 is 9.55 Å². The van der Waals surface area contributed by atoms with Crippen LogP contribution in [0.5, 0.6) is 0 Å². The summed E-state index contributed by atoms with van der Waals surface area (Å²) in [6, 6.07) is 52.2. The summed E-state index contributed by atoms with van der Waals surface area (Å²) < 4.78 is 2.47. The van der Waals surface area contributed by atoms with Crippen LogP contribution in [0.25, 0.3) is 84.4 Å². The molecule has 2 aliphatic rings. The molecule has 3 aromatic heterocycles. The molecular weight excluding hydrogens is 684 g/mol. The van der Waals surface area contributed by atoms with Gasteiger partial charge in [0.1, 0.15) is 0 Å². The molecule has 0 unspecified atom stereocenters. The predicted octanol–water partition coefficient (Wildman–Crippen LogP) is 12.1. The van der Waals surface area contributed by atoms with Crippen LogP contribution in [-0.4, -0.2) is 36.9 Å². The first-order chi connectivity index (χ1) is 26.7. The van der Waals surface area contributed by atoms with Gasteiger partial charge in [-0.05, 0) is 95.6 Å². The van der Waals surface area contributed by atoms with E-state index in [1.807, 2.05) is 0 Å². The van der Waals surface area contributed by atoms with Gasteiger partial charge in [0.05, 0.1) is 33.8 Å². The zero-order valence-electron chi connectivity index (χ0n) is 31.0. The molecule has 0 atom stereocenters. The average molecular weight is 729 g/mol. The number of H-pyrrole nitrogens is 1. The summed E-state index contributed by atoms with van der Waals surface area (Å²) in [5.41, 5.74) is 20.0. The number of allylic oxidation sites excluding steroid dienone is 2. The summed E-state index contributed by atoms with van der Waals surface area (Å²) in [6.07, 6.45) is 6.83. The highest BCUT2D eigenvalue weighted by Gasteiger charge is 2.29. The van der Waals surface area contributed by atoms with E-state index in [-0.39, 0.29) is 17.4 Å². The van der Waals surface area contributed by atoms with Crippen molar-refractivity contribution in [3.05, 3.63) is 174 Å². The monoisotopic (exact) mass is 728 g/mol. The second-order valence-electron chi connectivity index (χ2n) is 13.8. The Morgan fingerprint density at radius 3 is 1.62 bits per heavy atom. The molecule has 0 amide bonds. The Kier molecular flexibility index (Phi) is 10.1. The first-order valence-corrected chi connectivity index (χ1v) is 19.1. The molecule has 5 heterocycles. The molecule has 2 aliphatic heterocycles. The molecule has 0 saturated carbocycles. The maximum atomic E-state index is 5.80. The quantitative estimate of drug-likeness (QED) is 0.166. The predicted molar refractivity (Wildman–Crippen MR) is 238 cm³/mol. The van der Waals surface area contributed by atoms with E-state index in [1.54, 1.807) is 0 Å². The van der Waals surface area contributed by atoms with Gasteiger partial charge in [-0.2, -0.15) is 0 Å². The minimum absolute atomic E-state index is 0. The number of benzene rings is 4. The zero-order valence-corrected chi connectivity index (χ0v) is 31.0. The zero-order chi connectivity index (χ0) is 36.6. The summed E-state index contributed by atoms with van der Waals surface area (Å²) in [5.74, 6) is 0. The topological polar surface area (TPSA) is 46.5 Å². The van der Waals surface area contributed by atoms with Crippen molar-refractivity contribution < 1.29 is 0 Å². The third kappa shape index (κ3) is 6.40. The second kappa shape index (κ2) is 15.4. The van der Waals surface area contributed by atoms with E-state index in [0.717, 1.165) is 103 Å². The number of rotatable bonds is 7. The van der Waals surface area contributed by atoms with Gasteiger partial charge in [0.2, 0.25) is 0 Å². The second-order valence-corrected chi connectivity index (χ2v) is 13.8. The molecule has 5 heteroatoms. The third-order valence-corrected chi connectivity index (χ3v) is 10.7. The van der Waals surface area contributed by atoms with Crippen molar-refractivity contribution in [3.63, 3.8) is 0 Å². The Morgan fingerprint density at radius 2 is 1.04 bits per heavy atom. The summed E-state index contributed by atoms with van der Waals surface area (Å²) in [4.78, 5) is 14.7. The van der Waals surface area contributed by atoms with Gasteiger partial charge in [-0.1, -0.05) is 130 Å². The van der Waals surface area contributed by atoms with E-state index in [9.17, 15) is 0 Å². The first-order valence-electron chi connectivity index (χ1n) is 19.1. The fourth-order valence-corrected chi connectivity index (χ4v) is 8.35. The molecular formula is C50H45AlN4. The Hall–Kier alpha value is -5.99. The number of aromatic amines is 1. The standard InChI is InChI=1S/C50H42N4.Al.3H/c1-4-40-41(5-2)49-47(35-23-15-9-16-24-35)50-46(34-21-13-8-14-22-34)45(33-19-11-7-12-20-33)44(54(50)39-25-17-10-18-26-39)32-38-28-27-36(51-38)31-37-29-30-43(52-37)42(6-3)48(40)53-49;;;;/h7-32,52H,4-6H2,1-3H3;;;;. The van der Waals surface area contributed by atoms with Gasteiger partial charge >= 0.3 is 0 Å². The van der Waals surface area contributed by atoms with Crippen LogP contribution in [-0.2, 0) is 6.42 Å². The van der Waals surface area contributed by atoms with Gasteiger partial charge in [-0.3, -0.25) is 0 Å². The fraction of sp³-hybridized carbons (Fsp3) is 0.120. The number of para-hydroxylation sites is 1. The molecule has 4 aromatic carbocycles. The number of fused-ring (bicyclic) bond motifs is 8. The van der Waals surface area contributed by atoms with E-state index >= 15 is 0 Å². The van der Waals surface area contributed by atoms with Crippen molar-refractivity contribution in [3.8, 4) is 39.1 Å². The van der Waals surface area contributed by atoms with Gasteiger partial charge in [-0.25, -0.2) is 9.97 Å². The molecule has 7 aromatic rings. The highest BCUT2D eigenvalue weighted by Crippen LogP contribution is 2.49. The summed E-state index contributed by atoms with van der Waals surface area (Å²) >= 11 is 0. The van der Waals surface area contributed by atoms with E-state index in [4.69, 9.17) is 9.97 Å². The number of nitrogens with zero attached hydrogens (tertiary/aromatic N) is 3. The molecule has 4 nitrogen and oxygen atoms in total. The average Bonchev–Trinajstić information content (AvgIpc) is 4.02. The Balaban J connectivity index is 0.00000427. The smallest absolute Gasteiger partial charge is 0.187 e. The molecule has 55 heavy (non-hydrogen) atoms. The maximum Gasteiger partial charge on any atom is 0.187 e. The highest BCUT2D eigenvalue weighted by molar-refractivity contribution is 6.12. The number of hydrogen-bond acceptors (Lipinski definition) is 2. The number of aryl methyl sites for hydroxylation is 1. The van der Waals surface area contributed by atoms with E-state index in [0.29, 0.717) is 0 Å². The SMILES string of the molecule is CCC1=C(CC)c2nc1c(CC)c1ccc(cc3nc(cc4c(-c5ccccc5)c(-c5ccccc5)c(c2-c2ccccc2)n4-c2ccccc2)C=C3)[nH]1.[AlH3]. The van der Waals surface area contributed by atoms with Gasteiger partial charge in [0.25, 0.3) is 0 Å². The highest BCUT2D eigenvalue weighted by atomic mass is 27.0. The Morgan fingerprint density at radius 1 is 0.509 bits per heavy atom. The molecule has 268 valence electrons. The van der Waals surface area contributed by atoms with Crippen LogP contribution in [0.15, 0.2) is 146 Å². The Bertz CT molecular complexity index is 2740. The lowest BCUT2D eigenvalue weighted by atomic mass is 9.90. The lowest BCUT2D eigenvalue weighted by Crippen LogP contribution is -1.98. The third-order valence-electron chi connectivity index (χ3n) is 10.7. The Labute approximate surface area is 333 Å². The van der Waals surface area contributed by atoms with E-state index < -0.39 is 0 Å². The van der Waals surface area contributed by atoms with Gasteiger partial charge in [0.15, 0.2) is 17.4 Å². The van der Waals surface area contributed by atoms with Crippen LogP contribution in [0.4, 0.5) is 0 Å². The molecule has 8 bridgehead atoms. The van der Waals surface area contributed by atoms with E-state index in [1.165, 1.54) is 16.7 Å². The van der Waals surface area contributed by atoms with Crippen LogP contribution < -0.4 is 0 Å². The molecule has 0 saturated heterocycles. The first kappa shape index (κ1) is 36.0. The minimum Gasteiger partial charge on any atom is -0.355 e. The van der Waals surface area contributed by atoms with Crippen molar-refractivity contribution in [1.82, 2.24) is 19.5 Å². The molecule has 9 rings (SSSR count). The summed E-state index contributed by atoms with van der Waals surface area (Å²) in [5, 5.41) is 0. The minimum atomic E-state index is 0. The van der Waals surface area contributed by atoms with Crippen LogP contribution in [0.3, 0.4) is 0 Å². The largest absolute Gasteiger partial charge is 0.355 e. The fourth-order valence-electron chi connectivity index (χ4n) is 8.35. The van der Waals surface area contributed by atoms with Crippen LogP contribution in [0, 0.1) is 0 Å². The maximum absolute atomic E-state index is 5.80. The van der Waals surface area contributed by atoms with Crippen molar-refractivity contribution >= 4 is 62.7 Å². The summed E-state index contributed by atoms with van der Waals surface area (Å²) in [7, 11) is 0. The molecule has 1 N–H and O–H groups in total. The van der Waals surface area contributed by atoms with E-state index in [2.05, 4.69) is 188 Å². The van der Waals surface area contributed by atoms with Crippen molar-refractivity contribution in [2.24, 2.45) is 0 Å². The number of hydrogen-bond donors (Lipinski definition) is 1. The van der Waals surface area contributed by atoms with Crippen molar-refractivity contribution in [2.45, 2.75) is 40.0 Å². The lowest BCUT2D eigenvalue weighted by molar-refractivity contribution is 1.09. The van der Waals surface area contributed by atoms with Crippen LogP contribution in [0.1, 0.15) is 62.0 Å². The normalized spacial score (nSPS) is 12.2. The van der Waals surface area contributed by atoms with Gasteiger partial charge in [0, 0.05) is 39.0 Å². The summed E-state index contributed by atoms with van der Waals surface area (Å²) in [6.45, 7) is 6.80. The van der Waals surface area contributed by atoms with Gasteiger partial charge in [-0.15, -0.1) is 0 Å². The number of aromatic nitrogens is 4. The van der Waals surface area contributed by atoms with Crippen LogP contribution in [0.2, 0.25) is 0 Å². The molecule has 0 fully saturated rings.